The molecule has 0 atom stereocenters. The molecular formula is C15H25N3O. The predicted molar refractivity (Wildman–Crippen MR) is 78.8 cm³/mol. The van der Waals surface area contributed by atoms with Gasteiger partial charge in [0.1, 0.15) is 0 Å². The lowest BCUT2D eigenvalue weighted by Gasteiger charge is -2.09. The smallest absolute Gasteiger partial charge is 0.224 e. The highest BCUT2D eigenvalue weighted by molar-refractivity contribution is 5.78. The Hall–Kier alpha value is -1.39. The molecule has 0 aliphatic carbocycles. The largest absolute Gasteiger partial charge is 0.356 e. The molecule has 0 radical (unpaired) electrons. The van der Waals surface area contributed by atoms with E-state index in [2.05, 4.69) is 24.3 Å². The van der Waals surface area contributed by atoms with Gasteiger partial charge >= 0.3 is 0 Å². The quantitative estimate of drug-likeness (QED) is 0.692. The third-order valence-electron chi connectivity index (χ3n) is 2.98. The summed E-state index contributed by atoms with van der Waals surface area (Å²) in [6, 6.07) is 7.88. The van der Waals surface area contributed by atoms with Crippen LogP contribution in [0.25, 0.3) is 0 Å². The van der Waals surface area contributed by atoms with Crippen molar-refractivity contribution in [2.45, 2.75) is 25.8 Å². The lowest BCUT2D eigenvalue weighted by Crippen LogP contribution is -2.26. The molecule has 0 saturated heterocycles. The Balaban J connectivity index is 2.19. The molecule has 1 aromatic carbocycles. The molecule has 0 fully saturated rings. The van der Waals surface area contributed by atoms with Crippen molar-refractivity contribution in [1.29, 1.82) is 0 Å². The SMILES string of the molecule is CN(C)CCCCNC(=O)Cc1ccc(CN)cc1. The first-order valence-corrected chi connectivity index (χ1v) is 6.81. The summed E-state index contributed by atoms with van der Waals surface area (Å²) in [6.45, 7) is 2.36. The number of hydrogen-bond donors (Lipinski definition) is 2. The van der Waals surface area contributed by atoms with E-state index in [9.17, 15) is 4.79 Å². The first kappa shape index (κ1) is 15.7. The van der Waals surface area contributed by atoms with Crippen molar-refractivity contribution in [2.24, 2.45) is 5.73 Å². The topological polar surface area (TPSA) is 58.4 Å². The van der Waals surface area contributed by atoms with Gasteiger partial charge in [0.2, 0.25) is 5.91 Å². The van der Waals surface area contributed by atoms with Crippen LogP contribution in [0.5, 0.6) is 0 Å². The predicted octanol–water partition coefficient (Wildman–Crippen LogP) is 1.15. The Labute approximate surface area is 116 Å². The standard InChI is InChI=1S/C15H25N3O/c1-18(2)10-4-3-9-17-15(19)11-13-5-7-14(12-16)8-6-13/h5-8H,3-4,9-12,16H2,1-2H3,(H,17,19). The summed E-state index contributed by atoms with van der Waals surface area (Å²) < 4.78 is 0. The molecule has 0 aliphatic rings. The molecule has 1 aromatic rings. The van der Waals surface area contributed by atoms with Crippen molar-refractivity contribution in [3.05, 3.63) is 35.4 Å². The Morgan fingerprint density at radius 2 is 1.79 bits per heavy atom. The van der Waals surface area contributed by atoms with E-state index in [1.165, 1.54) is 0 Å². The molecule has 1 rings (SSSR count). The number of carbonyl (C=O) groups excluding carboxylic acids is 1. The summed E-state index contributed by atoms with van der Waals surface area (Å²) in [5.41, 5.74) is 7.65. The van der Waals surface area contributed by atoms with E-state index >= 15 is 0 Å². The van der Waals surface area contributed by atoms with E-state index in [0.29, 0.717) is 13.0 Å². The van der Waals surface area contributed by atoms with Crippen molar-refractivity contribution in [3.8, 4) is 0 Å². The van der Waals surface area contributed by atoms with E-state index < -0.39 is 0 Å². The maximum Gasteiger partial charge on any atom is 0.224 e. The number of hydrogen-bond acceptors (Lipinski definition) is 3. The van der Waals surface area contributed by atoms with Crippen LogP contribution in [-0.2, 0) is 17.8 Å². The van der Waals surface area contributed by atoms with Crippen molar-refractivity contribution in [2.75, 3.05) is 27.2 Å². The van der Waals surface area contributed by atoms with Gasteiger partial charge in [0.25, 0.3) is 0 Å². The fraction of sp³-hybridized carbons (Fsp3) is 0.533. The second kappa shape index (κ2) is 8.67. The number of benzene rings is 1. The van der Waals surface area contributed by atoms with Crippen LogP contribution in [0, 0.1) is 0 Å². The minimum absolute atomic E-state index is 0.0883. The minimum atomic E-state index is 0.0883. The van der Waals surface area contributed by atoms with Gasteiger partial charge < -0.3 is 16.0 Å². The van der Waals surface area contributed by atoms with E-state index in [1.54, 1.807) is 0 Å². The molecule has 4 nitrogen and oxygen atoms in total. The summed E-state index contributed by atoms with van der Waals surface area (Å²) in [7, 11) is 4.12. The first-order chi connectivity index (χ1) is 9.11. The van der Waals surface area contributed by atoms with E-state index in [0.717, 1.165) is 37.1 Å². The summed E-state index contributed by atoms with van der Waals surface area (Å²) >= 11 is 0. The van der Waals surface area contributed by atoms with Crippen molar-refractivity contribution >= 4 is 5.91 Å². The van der Waals surface area contributed by atoms with Gasteiger partial charge in [0.15, 0.2) is 0 Å². The lowest BCUT2D eigenvalue weighted by molar-refractivity contribution is -0.120. The van der Waals surface area contributed by atoms with Gasteiger partial charge in [0, 0.05) is 13.1 Å². The highest BCUT2D eigenvalue weighted by Gasteiger charge is 2.02. The molecule has 0 spiro atoms. The fourth-order valence-electron chi connectivity index (χ4n) is 1.82. The third-order valence-corrected chi connectivity index (χ3v) is 2.98. The molecular weight excluding hydrogens is 238 g/mol. The monoisotopic (exact) mass is 263 g/mol. The van der Waals surface area contributed by atoms with Crippen LogP contribution < -0.4 is 11.1 Å². The van der Waals surface area contributed by atoms with Gasteiger partial charge in [-0.25, -0.2) is 0 Å². The Bertz CT molecular complexity index is 373. The summed E-state index contributed by atoms with van der Waals surface area (Å²) in [6.07, 6.45) is 2.58. The van der Waals surface area contributed by atoms with Gasteiger partial charge in [-0.05, 0) is 44.6 Å². The first-order valence-electron chi connectivity index (χ1n) is 6.81. The molecule has 0 bridgehead atoms. The van der Waals surface area contributed by atoms with E-state index in [-0.39, 0.29) is 5.91 Å². The molecule has 0 saturated carbocycles. The summed E-state index contributed by atoms with van der Waals surface area (Å²) in [4.78, 5) is 13.9. The second-order valence-electron chi connectivity index (χ2n) is 5.06. The van der Waals surface area contributed by atoms with Gasteiger partial charge in [-0.15, -0.1) is 0 Å². The average Bonchev–Trinajstić information content (AvgIpc) is 2.39. The highest BCUT2D eigenvalue weighted by atomic mass is 16.1. The van der Waals surface area contributed by atoms with Gasteiger partial charge in [-0.3, -0.25) is 4.79 Å². The highest BCUT2D eigenvalue weighted by Crippen LogP contribution is 2.04. The molecule has 0 heterocycles. The Kier molecular flexibility index (Phi) is 7.15. The van der Waals surface area contributed by atoms with Crippen LogP contribution in [0.1, 0.15) is 24.0 Å². The van der Waals surface area contributed by atoms with Crippen LogP contribution >= 0.6 is 0 Å². The average molecular weight is 263 g/mol. The third kappa shape index (κ3) is 6.94. The molecule has 19 heavy (non-hydrogen) atoms. The Morgan fingerprint density at radius 3 is 2.37 bits per heavy atom. The number of nitrogens with two attached hydrogens (primary N) is 1. The zero-order chi connectivity index (χ0) is 14.1. The van der Waals surface area contributed by atoms with Crippen LogP contribution in [0.15, 0.2) is 24.3 Å². The second-order valence-corrected chi connectivity index (χ2v) is 5.06. The Morgan fingerprint density at radius 1 is 1.16 bits per heavy atom. The van der Waals surface area contributed by atoms with Crippen LogP contribution in [-0.4, -0.2) is 38.0 Å². The molecule has 4 heteroatoms. The number of nitrogens with zero attached hydrogens (tertiary/aromatic N) is 1. The molecule has 3 N–H and O–H groups in total. The molecule has 0 aliphatic heterocycles. The fourth-order valence-corrected chi connectivity index (χ4v) is 1.82. The molecule has 1 amide bonds. The van der Waals surface area contributed by atoms with Gasteiger partial charge in [-0.1, -0.05) is 24.3 Å². The normalized spacial score (nSPS) is 10.7. The molecule has 106 valence electrons. The zero-order valence-corrected chi connectivity index (χ0v) is 12.0. The van der Waals surface area contributed by atoms with Gasteiger partial charge in [-0.2, -0.15) is 0 Å². The van der Waals surface area contributed by atoms with Crippen molar-refractivity contribution in [1.82, 2.24) is 10.2 Å². The lowest BCUT2D eigenvalue weighted by atomic mass is 10.1. The number of rotatable bonds is 8. The number of carbonyl (C=O) groups is 1. The van der Waals surface area contributed by atoms with Gasteiger partial charge in [0.05, 0.1) is 6.42 Å². The minimum Gasteiger partial charge on any atom is -0.356 e. The van der Waals surface area contributed by atoms with E-state index in [1.807, 2.05) is 24.3 Å². The maximum absolute atomic E-state index is 11.7. The number of unbranched alkanes of at least 4 members (excludes halogenated alkanes) is 1. The van der Waals surface area contributed by atoms with Crippen molar-refractivity contribution in [3.63, 3.8) is 0 Å². The maximum atomic E-state index is 11.7. The van der Waals surface area contributed by atoms with E-state index in [4.69, 9.17) is 5.73 Å². The molecule has 0 unspecified atom stereocenters. The molecule has 0 aromatic heterocycles. The zero-order valence-electron chi connectivity index (χ0n) is 12.0. The van der Waals surface area contributed by atoms with Crippen LogP contribution in [0.3, 0.4) is 0 Å². The summed E-state index contributed by atoms with van der Waals surface area (Å²) in [5.74, 6) is 0.0883. The van der Waals surface area contributed by atoms with Crippen molar-refractivity contribution < 1.29 is 4.79 Å². The number of nitrogens with one attached hydrogen (secondary N) is 1. The van der Waals surface area contributed by atoms with Crippen LogP contribution in [0.2, 0.25) is 0 Å². The summed E-state index contributed by atoms with van der Waals surface area (Å²) in [5, 5.41) is 2.95. The number of amides is 1. The van der Waals surface area contributed by atoms with Crippen LogP contribution in [0.4, 0.5) is 0 Å².